The minimum Gasteiger partial charge on any atom is -0.443 e. The Bertz CT molecular complexity index is 865. The molecule has 0 aromatic carbocycles. The number of rotatable bonds is 3. The molecule has 0 aliphatic carbocycles. The van der Waals surface area contributed by atoms with Gasteiger partial charge in [0.05, 0.1) is 0 Å². The average molecular weight is 368 g/mol. The first-order valence-electron chi connectivity index (χ1n) is 9.06. The molecule has 1 saturated heterocycles. The lowest BCUT2D eigenvalue weighted by atomic mass is 10.1. The Morgan fingerprint density at radius 3 is 2.67 bits per heavy atom. The summed E-state index contributed by atoms with van der Waals surface area (Å²) in [6, 6.07) is 5.27. The molecule has 2 aromatic rings. The third-order valence-corrected chi connectivity index (χ3v) is 4.27. The van der Waals surface area contributed by atoms with Crippen LogP contribution in [-0.4, -0.2) is 57.7 Å². The number of aliphatic hydroxyl groups is 1. The summed E-state index contributed by atoms with van der Waals surface area (Å²) in [7, 11) is 0. The van der Waals surface area contributed by atoms with E-state index in [-0.39, 0.29) is 11.7 Å². The lowest BCUT2D eigenvalue weighted by molar-refractivity contribution is 0.0714. The highest BCUT2D eigenvalue weighted by atomic mass is 16.4. The second kappa shape index (κ2) is 7.80. The molecule has 0 bridgehead atoms. The van der Waals surface area contributed by atoms with Crippen LogP contribution in [0.2, 0.25) is 0 Å². The van der Waals surface area contributed by atoms with Crippen LogP contribution in [0.5, 0.6) is 0 Å². The number of hydrogen-bond donors (Lipinski definition) is 1. The Balaban J connectivity index is 1.61. The van der Waals surface area contributed by atoms with E-state index >= 15 is 0 Å². The first-order valence-corrected chi connectivity index (χ1v) is 9.06. The molecule has 1 aliphatic heterocycles. The van der Waals surface area contributed by atoms with Gasteiger partial charge in [0.25, 0.3) is 5.91 Å². The molecular formula is C20H24N4O3. The molecule has 7 heteroatoms. The Morgan fingerprint density at radius 1 is 1.26 bits per heavy atom. The highest BCUT2D eigenvalue weighted by Crippen LogP contribution is 2.17. The van der Waals surface area contributed by atoms with Crippen LogP contribution in [0.15, 0.2) is 28.9 Å². The monoisotopic (exact) mass is 368 g/mol. The quantitative estimate of drug-likeness (QED) is 0.831. The molecule has 3 rings (SSSR count). The molecule has 1 fully saturated rings. The van der Waals surface area contributed by atoms with Crippen LogP contribution in [0.3, 0.4) is 0 Å². The smallest absolute Gasteiger partial charge is 0.289 e. The standard InChI is InChI=1S/C20H24N4O3/c1-4-15-13-18(22-14-21-15)23-9-11-24(12-10-23)19(25)17-6-5-16(27-17)7-8-20(2,3)26/h5-6,13-14,26H,4,9-12H2,1-3H3. The molecule has 0 atom stereocenters. The fourth-order valence-electron chi connectivity index (χ4n) is 2.78. The van der Waals surface area contributed by atoms with Gasteiger partial charge in [-0.25, -0.2) is 9.97 Å². The molecule has 0 unspecified atom stereocenters. The van der Waals surface area contributed by atoms with E-state index in [4.69, 9.17) is 4.42 Å². The Labute approximate surface area is 159 Å². The summed E-state index contributed by atoms with van der Waals surface area (Å²) in [4.78, 5) is 25.1. The number of piperazine rings is 1. The van der Waals surface area contributed by atoms with Crippen LogP contribution in [0.4, 0.5) is 5.82 Å². The molecule has 3 heterocycles. The van der Waals surface area contributed by atoms with Crippen molar-refractivity contribution in [2.24, 2.45) is 0 Å². The van der Waals surface area contributed by atoms with Gasteiger partial charge in [-0.15, -0.1) is 0 Å². The minimum absolute atomic E-state index is 0.150. The minimum atomic E-state index is -1.11. The van der Waals surface area contributed by atoms with E-state index < -0.39 is 5.60 Å². The first kappa shape index (κ1) is 18.9. The van der Waals surface area contributed by atoms with E-state index in [1.807, 2.05) is 6.07 Å². The third kappa shape index (κ3) is 4.86. The number of amides is 1. The number of aromatic nitrogens is 2. The molecule has 0 radical (unpaired) electrons. The maximum absolute atomic E-state index is 12.6. The summed E-state index contributed by atoms with van der Waals surface area (Å²) >= 11 is 0. The van der Waals surface area contributed by atoms with Crippen molar-refractivity contribution in [3.05, 3.63) is 41.7 Å². The number of nitrogens with zero attached hydrogens (tertiary/aromatic N) is 4. The lowest BCUT2D eigenvalue weighted by Gasteiger charge is -2.35. The van der Waals surface area contributed by atoms with E-state index in [1.165, 1.54) is 0 Å². The molecule has 142 valence electrons. The van der Waals surface area contributed by atoms with Crippen LogP contribution < -0.4 is 4.90 Å². The number of furan rings is 1. The number of aryl methyl sites for hydroxylation is 1. The normalized spacial score (nSPS) is 14.7. The maximum Gasteiger partial charge on any atom is 0.289 e. The number of carbonyl (C=O) groups is 1. The Kier molecular flexibility index (Phi) is 5.47. The zero-order chi connectivity index (χ0) is 19.4. The second-order valence-corrected chi connectivity index (χ2v) is 6.97. The topological polar surface area (TPSA) is 82.7 Å². The number of hydrogen-bond acceptors (Lipinski definition) is 6. The van der Waals surface area contributed by atoms with E-state index in [2.05, 4.69) is 33.6 Å². The number of anilines is 1. The van der Waals surface area contributed by atoms with Crippen LogP contribution >= 0.6 is 0 Å². The average Bonchev–Trinajstić information content (AvgIpc) is 3.14. The van der Waals surface area contributed by atoms with E-state index in [1.54, 1.807) is 37.2 Å². The van der Waals surface area contributed by atoms with Crippen molar-refractivity contribution in [3.63, 3.8) is 0 Å². The van der Waals surface area contributed by atoms with Crippen LogP contribution in [0.1, 0.15) is 42.8 Å². The van der Waals surface area contributed by atoms with E-state index in [0.717, 1.165) is 17.9 Å². The van der Waals surface area contributed by atoms with Gasteiger partial charge in [0.1, 0.15) is 17.7 Å². The van der Waals surface area contributed by atoms with Crippen molar-refractivity contribution >= 4 is 11.7 Å². The van der Waals surface area contributed by atoms with Crippen LogP contribution in [-0.2, 0) is 6.42 Å². The maximum atomic E-state index is 12.6. The Hall–Kier alpha value is -2.85. The van der Waals surface area contributed by atoms with Crippen molar-refractivity contribution in [2.45, 2.75) is 32.8 Å². The summed E-state index contributed by atoms with van der Waals surface area (Å²) in [5.74, 6) is 6.79. The van der Waals surface area contributed by atoms with Gasteiger partial charge < -0.3 is 19.3 Å². The second-order valence-electron chi connectivity index (χ2n) is 6.97. The van der Waals surface area contributed by atoms with Gasteiger partial charge in [-0.05, 0) is 38.3 Å². The fraction of sp³-hybridized carbons (Fsp3) is 0.450. The molecule has 7 nitrogen and oxygen atoms in total. The van der Waals surface area contributed by atoms with Crippen molar-refractivity contribution in [1.29, 1.82) is 0 Å². The lowest BCUT2D eigenvalue weighted by Crippen LogP contribution is -2.49. The molecule has 1 amide bonds. The summed E-state index contributed by atoms with van der Waals surface area (Å²) in [6.07, 6.45) is 2.45. The van der Waals surface area contributed by atoms with Crippen molar-refractivity contribution in [1.82, 2.24) is 14.9 Å². The van der Waals surface area contributed by atoms with E-state index in [0.29, 0.717) is 31.9 Å². The molecule has 2 aromatic heterocycles. The van der Waals surface area contributed by atoms with Gasteiger partial charge in [-0.1, -0.05) is 12.8 Å². The zero-order valence-electron chi connectivity index (χ0n) is 15.9. The highest BCUT2D eigenvalue weighted by Gasteiger charge is 2.25. The predicted molar refractivity (Wildman–Crippen MR) is 101 cm³/mol. The molecule has 1 N–H and O–H groups in total. The van der Waals surface area contributed by atoms with Crippen molar-refractivity contribution in [3.8, 4) is 11.8 Å². The number of carbonyl (C=O) groups excluding carboxylic acids is 1. The van der Waals surface area contributed by atoms with Gasteiger partial charge in [-0.2, -0.15) is 0 Å². The van der Waals surface area contributed by atoms with Crippen LogP contribution in [0.25, 0.3) is 0 Å². The SMILES string of the molecule is CCc1cc(N2CCN(C(=O)c3ccc(C#CC(C)(C)O)o3)CC2)ncn1. The molecule has 27 heavy (non-hydrogen) atoms. The third-order valence-electron chi connectivity index (χ3n) is 4.27. The predicted octanol–water partition coefficient (Wildman–Crippen LogP) is 1.72. The van der Waals surface area contributed by atoms with Crippen LogP contribution in [0, 0.1) is 11.8 Å². The van der Waals surface area contributed by atoms with Gasteiger partial charge in [0.15, 0.2) is 11.5 Å². The largest absolute Gasteiger partial charge is 0.443 e. The summed E-state index contributed by atoms with van der Waals surface area (Å²) < 4.78 is 5.53. The fourth-order valence-corrected chi connectivity index (χ4v) is 2.78. The summed E-state index contributed by atoms with van der Waals surface area (Å²) in [5.41, 5.74) is -0.0971. The van der Waals surface area contributed by atoms with Crippen molar-refractivity contribution < 1.29 is 14.3 Å². The van der Waals surface area contributed by atoms with Crippen molar-refractivity contribution in [2.75, 3.05) is 31.1 Å². The highest BCUT2D eigenvalue weighted by molar-refractivity contribution is 5.91. The Morgan fingerprint density at radius 2 is 2.00 bits per heavy atom. The zero-order valence-corrected chi connectivity index (χ0v) is 15.9. The molecule has 0 spiro atoms. The van der Waals surface area contributed by atoms with Gasteiger partial charge in [0, 0.05) is 37.9 Å². The molecule has 1 aliphatic rings. The molecular weight excluding hydrogens is 344 g/mol. The van der Waals surface area contributed by atoms with Gasteiger partial charge >= 0.3 is 0 Å². The molecule has 0 saturated carbocycles. The van der Waals surface area contributed by atoms with Gasteiger partial charge in [0.2, 0.25) is 0 Å². The van der Waals surface area contributed by atoms with Gasteiger partial charge in [-0.3, -0.25) is 4.79 Å². The summed E-state index contributed by atoms with van der Waals surface area (Å²) in [6.45, 7) is 7.85. The first-order chi connectivity index (χ1) is 12.9. The van der Waals surface area contributed by atoms with E-state index in [9.17, 15) is 9.90 Å². The summed E-state index contributed by atoms with van der Waals surface area (Å²) in [5, 5.41) is 9.65.